The van der Waals surface area contributed by atoms with Gasteiger partial charge in [0.1, 0.15) is 31.0 Å². The van der Waals surface area contributed by atoms with Crippen LogP contribution in [-0.4, -0.2) is 76.4 Å². The van der Waals surface area contributed by atoms with Gasteiger partial charge < -0.3 is 34.6 Å². The molecule has 8 nitrogen and oxygen atoms in total. The molecule has 0 aromatic rings. The Hall–Kier alpha value is -1.03. The quantitative estimate of drug-likeness (QED) is 0.329. The van der Waals surface area contributed by atoms with Crippen molar-refractivity contribution in [3.8, 4) is 0 Å². The second-order valence-electron chi connectivity index (χ2n) is 13.4. The monoisotopic (exact) mass is 520 g/mol. The molecular weight excluding hydrogens is 476 g/mol. The van der Waals surface area contributed by atoms with Gasteiger partial charge in [0.2, 0.25) is 0 Å². The molecule has 0 aromatic heterocycles. The van der Waals surface area contributed by atoms with Gasteiger partial charge >= 0.3 is 5.97 Å². The van der Waals surface area contributed by atoms with E-state index in [9.17, 15) is 25.2 Å². The van der Waals surface area contributed by atoms with Crippen molar-refractivity contribution in [2.45, 2.75) is 108 Å². The highest BCUT2D eigenvalue weighted by Crippen LogP contribution is 2.68. The number of carbonyl (C=O) groups is 1. The van der Waals surface area contributed by atoms with E-state index in [0.717, 1.165) is 25.2 Å². The van der Waals surface area contributed by atoms with Gasteiger partial charge in [0, 0.05) is 6.08 Å². The van der Waals surface area contributed by atoms with Gasteiger partial charge in [-0.2, -0.15) is 0 Å². The van der Waals surface area contributed by atoms with Crippen LogP contribution in [0, 0.1) is 40.4 Å². The molecule has 0 radical (unpaired) electrons. The van der Waals surface area contributed by atoms with Crippen LogP contribution in [0.4, 0.5) is 0 Å². The molecule has 13 atom stereocenters. The van der Waals surface area contributed by atoms with Crippen LogP contribution < -0.4 is 0 Å². The van der Waals surface area contributed by atoms with Crippen molar-refractivity contribution in [2.24, 2.45) is 40.4 Å². The molecular formula is C29H44O8. The van der Waals surface area contributed by atoms with Crippen molar-refractivity contribution in [3.05, 3.63) is 11.6 Å². The van der Waals surface area contributed by atoms with E-state index in [2.05, 4.69) is 13.8 Å². The van der Waals surface area contributed by atoms with Gasteiger partial charge in [0.15, 0.2) is 6.29 Å². The number of hydrogen-bond acceptors (Lipinski definition) is 8. The van der Waals surface area contributed by atoms with Crippen molar-refractivity contribution >= 4 is 5.97 Å². The van der Waals surface area contributed by atoms with Gasteiger partial charge in [-0.25, -0.2) is 4.79 Å². The van der Waals surface area contributed by atoms with Gasteiger partial charge in [-0.05, 0) is 104 Å². The van der Waals surface area contributed by atoms with Crippen molar-refractivity contribution in [1.29, 1.82) is 0 Å². The predicted octanol–water partition coefficient (Wildman–Crippen LogP) is 2.31. The molecule has 4 saturated carbocycles. The molecule has 5 fully saturated rings. The van der Waals surface area contributed by atoms with Gasteiger partial charge in [-0.3, -0.25) is 0 Å². The zero-order chi connectivity index (χ0) is 26.1. The van der Waals surface area contributed by atoms with E-state index in [4.69, 9.17) is 14.2 Å². The number of carbonyl (C=O) groups excluding carboxylic acids is 1. The van der Waals surface area contributed by atoms with Crippen molar-refractivity contribution in [2.75, 3.05) is 13.2 Å². The van der Waals surface area contributed by atoms with Crippen LogP contribution in [0.15, 0.2) is 11.6 Å². The third-order valence-corrected chi connectivity index (χ3v) is 11.9. The Bertz CT molecular complexity index is 920. The second kappa shape index (κ2) is 9.56. The van der Waals surface area contributed by atoms with Crippen LogP contribution in [0.2, 0.25) is 0 Å². The lowest BCUT2D eigenvalue weighted by Gasteiger charge is -2.61. The number of fused-ring (bicyclic) bond motifs is 5. The smallest absolute Gasteiger partial charge is 0.331 e. The average molecular weight is 521 g/mol. The van der Waals surface area contributed by atoms with Crippen LogP contribution in [0.1, 0.15) is 71.6 Å². The van der Waals surface area contributed by atoms with Gasteiger partial charge in [0.25, 0.3) is 0 Å². The summed E-state index contributed by atoms with van der Waals surface area (Å²) >= 11 is 0. The minimum atomic E-state index is -1.41. The number of hydrogen-bond donors (Lipinski definition) is 4. The lowest BCUT2D eigenvalue weighted by atomic mass is 9.44. The van der Waals surface area contributed by atoms with E-state index >= 15 is 0 Å². The molecule has 8 heteroatoms. The number of aliphatic hydroxyl groups is 4. The van der Waals surface area contributed by atoms with Gasteiger partial charge in [-0.1, -0.05) is 13.8 Å². The Labute approximate surface area is 219 Å². The van der Waals surface area contributed by atoms with Gasteiger partial charge in [0.05, 0.1) is 12.7 Å². The minimum Gasteiger partial charge on any atom is -0.458 e. The Balaban J connectivity index is 1.13. The van der Waals surface area contributed by atoms with Gasteiger partial charge in [-0.15, -0.1) is 0 Å². The van der Waals surface area contributed by atoms with Crippen molar-refractivity contribution in [3.63, 3.8) is 0 Å². The summed E-state index contributed by atoms with van der Waals surface area (Å²) in [4.78, 5) is 11.8. The van der Waals surface area contributed by atoms with E-state index in [1.807, 2.05) is 0 Å². The maximum absolute atomic E-state index is 11.8. The molecule has 4 N–H and O–H groups in total. The molecule has 6 aliphatic rings. The van der Waals surface area contributed by atoms with Crippen LogP contribution in [0.3, 0.4) is 0 Å². The average Bonchev–Trinajstić information content (AvgIpc) is 3.46. The standard InChI is InChI=1S/C29H44O8/c1-28-9-7-17(36-27-26(34)25(33)24(32)22(13-30)37-27)12-16(28)3-4-18-20-6-5-19(15-11-23(31)35-14-15)29(20,2)10-8-21(18)28/h11,16-22,24-27,30,32-34H,3-10,12-14H2,1-2H3/t16-,17+,18+,19-,20-,21+,22-,24-,25+,26-,27-,28+,29-/m1/s1. The Morgan fingerprint density at radius 1 is 0.946 bits per heavy atom. The number of ether oxygens (including phenoxy) is 3. The van der Waals surface area contributed by atoms with Crippen LogP contribution >= 0.6 is 0 Å². The van der Waals surface area contributed by atoms with E-state index in [-0.39, 0.29) is 22.9 Å². The lowest BCUT2D eigenvalue weighted by Crippen LogP contribution is -2.60. The predicted molar refractivity (Wildman–Crippen MR) is 133 cm³/mol. The number of aliphatic hydroxyl groups excluding tert-OH is 4. The summed E-state index contributed by atoms with van der Waals surface area (Å²) in [6.07, 6.45) is 5.71. The van der Waals surface area contributed by atoms with E-state index in [1.54, 1.807) is 6.08 Å². The molecule has 0 aromatic carbocycles. The molecule has 0 spiro atoms. The molecule has 0 amide bonds. The largest absolute Gasteiger partial charge is 0.458 e. The molecule has 4 aliphatic carbocycles. The highest BCUT2D eigenvalue weighted by atomic mass is 16.7. The van der Waals surface area contributed by atoms with Crippen LogP contribution in [-0.2, 0) is 19.0 Å². The summed E-state index contributed by atoms with van der Waals surface area (Å²) in [6.45, 7) is 5.02. The fraction of sp³-hybridized carbons (Fsp3) is 0.897. The molecule has 37 heavy (non-hydrogen) atoms. The summed E-state index contributed by atoms with van der Waals surface area (Å²) in [5, 5.41) is 40.2. The first-order chi connectivity index (χ1) is 17.7. The summed E-state index contributed by atoms with van der Waals surface area (Å²) in [6, 6.07) is 0. The fourth-order valence-corrected chi connectivity index (χ4v) is 9.91. The van der Waals surface area contributed by atoms with Crippen molar-refractivity contribution in [1.82, 2.24) is 0 Å². The minimum absolute atomic E-state index is 0.0763. The summed E-state index contributed by atoms with van der Waals surface area (Å²) in [5.41, 5.74) is 1.75. The normalized spacial score (nSPS) is 53.6. The first-order valence-corrected chi connectivity index (χ1v) is 14.5. The fourth-order valence-electron chi connectivity index (χ4n) is 9.91. The Morgan fingerprint density at radius 3 is 2.43 bits per heavy atom. The van der Waals surface area contributed by atoms with Crippen molar-refractivity contribution < 1.29 is 39.4 Å². The molecule has 2 heterocycles. The SMILES string of the molecule is C[C@]12CC[C@H](O[C@@H]3O[C@H](CO)[C@@H](O)[C@H](O)[C@H]3O)C[C@H]1CC[C@H]1[C@H]3CC[C@H](C4=CC(=O)OC4)[C@@]3(C)CC[C@@H]12. The van der Waals surface area contributed by atoms with E-state index in [1.165, 1.54) is 44.1 Å². The summed E-state index contributed by atoms with van der Waals surface area (Å²) < 4.78 is 17.1. The number of rotatable bonds is 4. The zero-order valence-electron chi connectivity index (χ0n) is 22.1. The number of esters is 1. The maximum atomic E-state index is 11.8. The molecule has 1 saturated heterocycles. The second-order valence-corrected chi connectivity index (χ2v) is 13.4. The summed E-state index contributed by atoms with van der Waals surface area (Å²) in [5.74, 6) is 2.97. The number of cyclic esters (lactones) is 1. The lowest BCUT2D eigenvalue weighted by molar-refractivity contribution is -0.316. The highest BCUT2D eigenvalue weighted by Gasteiger charge is 2.61. The summed E-state index contributed by atoms with van der Waals surface area (Å²) in [7, 11) is 0. The first-order valence-electron chi connectivity index (χ1n) is 14.5. The van der Waals surface area contributed by atoms with Crippen LogP contribution in [0.5, 0.6) is 0 Å². The highest BCUT2D eigenvalue weighted by molar-refractivity contribution is 5.85. The maximum Gasteiger partial charge on any atom is 0.331 e. The molecule has 0 unspecified atom stereocenters. The molecule has 6 rings (SSSR count). The Morgan fingerprint density at radius 2 is 1.70 bits per heavy atom. The molecule has 2 aliphatic heterocycles. The molecule has 208 valence electrons. The zero-order valence-corrected chi connectivity index (χ0v) is 22.1. The first kappa shape index (κ1) is 26.2. The third kappa shape index (κ3) is 4.13. The topological polar surface area (TPSA) is 126 Å². The van der Waals surface area contributed by atoms with E-state index in [0.29, 0.717) is 30.3 Å². The van der Waals surface area contributed by atoms with Crippen LogP contribution in [0.25, 0.3) is 0 Å². The Kier molecular flexibility index (Phi) is 6.77. The molecule has 0 bridgehead atoms. The van der Waals surface area contributed by atoms with E-state index < -0.39 is 37.3 Å². The third-order valence-electron chi connectivity index (χ3n) is 11.9.